The summed E-state index contributed by atoms with van der Waals surface area (Å²) in [4.78, 5) is 11.4. The van der Waals surface area contributed by atoms with Crippen molar-refractivity contribution in [2.24, 2.45) is 0 Å². The van der Waals surface area contributed by atoms with Gasteiger partial charge in [-0.25, -0.2) is 4.79 Å². The number of hydrogen-bond acceptors (Lipinski definition) is 7. The second-order valence-electron chi connectivity index (χ2n) is 7.55. The normalized spacial score (nSPS) is 12.0. The number of nitrogens with one attached hydrogen (secondary N) is 2. The zero-order valence-electron chi connectivity index (χ0n) is 18.6. The Kier molecular flexibility index (Phi) is 7.53. The van der Waals surface area contributed by atoms with Gasteiger partial charge in [0, 0.05) is 24.5 Å². The van der Waals surface area contributed by atoms with Crippen LogP contribution in [0.4, 0.5) is 11.4 Å². The fraction of sp³-hybridized carbons (Fsp3) is 0.269. The Labute approximate surface area is 193 Å². The molecule has 0 fully saturated rings. The molecule has 1 aliphatic heterocycles. The van der Waals surface area contributed by atoms with Crippen molar-refractivity contribution in [1.82, 2.24) is 0 Å². The molecule has 0 amide bonds. The molecule has 0 saturated carbocycles. The molecule has 172 valence electrons. The van der Waals surface area contributed by atoms with E-state index in [2.05, 4.69) is 39.6 Å². The summed E-state index contributed by atoms with van der Waals surface area (Å²) >= 11 is 0. The summed E-state index contributed by atoms with van der Waals surface area (Å²) in [5, 5.41) is 6.83. The van der Waals surface area contributed by atoms with Crippen LogP contribution >= 0.6 is 0 Å². The number of carbonyl (C=O) groups is 1. The van der Waals surface area contributed by atoms with Gasteiger partial charge in [0.1, 0.15) is 19.0 Å². The fourth-order valence-electron chi connectivity index (χ4n) is 3.41. The number of ether oxygens (including phenoxy) is 4. The Morgan fingerprint density at radius 1 is 0.879 bits per heavy atom. The largest absolute Gasteiger partial charge is 0.494 e. The van der Waals surface area contributed by atoms with E-state index in [0.717, 1.165) is 47.2 Å². The Morgan fingerprint density at radius 2 is 1.58 bits per heavy atom. The first-order valence-corrected chi connectivity index (χ1v) is 11.0. The Morgan fingerprint density at radius 3 is 2.30 bits per heavy atom. The van der Waals surface area contributed by atoms with Crippen LogP contribution in [0.2, 0.25) is 0 Å². The first-order chi connectivity index (χ1) is 16.2. The number of methoxy groups -OCH3 is 1. The third kappa shape index (κ3) is 6.32. The third-order valence-electron chi connectivity index (χ3n) is 5.18. The van der Waals surface area contributed by atoms with E-state index in [1.54, 1.807) is 24.3 Å². The molecule has 1 aliphatic rings. The number of rotatable bonds is 10. The van der Waals surface area contributed by atoms with Crippen molar-refractivity contribution in [3.8, 4) is 17.2 Å². The molecule has 3 aromatic carbocycles. The van der Waals surface area contributed by atoms with Gasteiger partial charge >= 0.3 is 5.97 Å². The first-order valence-electron chi connectivity index (χ1n) is 11.0. The van der Waals surface area contributed by atoms with Crippen molar-refractivity contribution < 1.29 is 23.7 Å². The van der Waals surface area contributed by atoms with E-state index >= 15 is 0 Å². The molecular formula is C26H28N2O5. The lowest BCUT2D eigenvalue weighted by molar-refractivity contribution is 0.0600. The highest BCUT2D eigenvalue weighted by Crippen LogP contribution is 2.31. The lowest BCUT2D eigenvalue weighted by Crippen LogP contribution is -2.15. The van der Waals surface area contributed by atoms with Gasteiger partial charge in [-0.15, -0.1) is 0 Å². The van der Waals surface area contributed by atoms with Crippen LogP contribution in [0.1, 0.15) is 22.3 Å². The summed E-state index contributed by atoms with van der Waals surface area (Å²) in [5.41, 5.74) is 3.76. The minimum absolute atomic E-state index is 0.352. The quantitative estimate of drug-likeness (QED) is 0.343. The molecule has 0 radical (unpaired) electrons. The minimum atomic E-state index is -0.352. The van der Waals surface area contributed by atoms with Crippen LogP contribution in [-0.4, -0.2) is 39.4 Å². The molecule has 0 aromatic heterocycles. The zero-order valence-corrected chi connectivity index (χ0v) is 18.6. The number of anilines is 2. The topological polar surface area (TPSA) is 78.1 Å². The van der Waals surface area contributed by atoms with Gasteiger partial charge in [-0.2, -0.15) is 0 Å². The molecular weight excluding hydrogens is 420 g/mol. The Bertz CT molecular complexity index is 1050. The summed E-state index contributed by atoms with van der Waals surface area (Å²) in [6, 6.07) is 21.2. The predicted octanol–water partition coefficient (Wildman–Crippen LogP) is 4.74. The van der Waals surface area contributed by atoms with E-state index in [4.69, 9.17) is 14.2 Å². The average Bonchev–Trinajstić information content (AvgIpc) is 2.87. The summed E-state index contributed by atoms with van der Waals surface area (Å²) in [6.45, 7) is 3.28. The third-order valence-corrected chi connectivity index (χ3v) is 5.18. The predicted molar refractivity (Wildman–Crippen MR) is 128 cm³/mol. The highest BCUT2D eigenvalue weighted by atomic mass is 16.6. The number of carbonyl (C=O) groups excluding carboxylic acids is 1. The minimum Gasteiger partial charge on any atom is -0.494 e. The van der Waals surface area contributed by atoms with Crippen LogP contribution < -0.4 is 24.8 Å². The van der Waals surface area contributed by atoms with Crippen molar-refractivity contribution in [2.75, 3.05) is 44.1 Å². The van der Waals surface area contributed by atoms with Crippen LogP contribution in [-0.2, 0) is 11.3 Å². The maximum atomic E-state index is 11.4. The van der Waals surface area contributed by atoms with Crippen LogP contribution in [0.5, 0.6) is 17.2 Å². The number of benzene rings is 3. The monoisotopic (exact) mass is 448 g/mol. The number of hydrogen-bond donors (Lipinski definition) is 2. The summed E-state index contributed by atoms with van der Waals surface area (Å²) in [5.74, 6) is 2.00. The van der Waals surface area contributed by atoms with Crippen LogP contribution in [0.15, 0.2) is 66.7 Å². The zero-order chi connectivity index (χ0) is 22.9. The molecule has 3 aromatic rings. The molecule has 4 rings (SSSR count). The Balaban J connectivity index is 1.15. The smallest absolute Gasteiger partial charge is 0.337 e. The van der Waals surface area contributed by atoms with Gasteiger partial charge in [-0.1, -0.05) is 6.07 Å². The van der Waals surface area contributed by atoms with Crippen molar-refractivity contribution in [1.29, 1.82) is 0 Å². The SMILES string of the molecule is COC(=O)c1ccc(OCCCNc2ccc(NCc3ccc4c(c3)OCCO4)cc2)cc1. The van der Waals surface area contributed by atoms with Crippen molar-refractivity contribution in [3.63, 3.8) is 0 Å². The van der Waals surface area contributed by atoms with E-state index in [1.807, 2.05) is 18.2 Å². The van der Waals surface area contributed by atoms with Gasteiger partial charge in [0.2, 0.25) is 0 Å². The van der Waals surface area contributed by atoms with E-state index in [0.29, 0.717) is 31.9 Å². The summed E-state index contributed by atoms with van der Waals surface area (Å²) in [7, 11) is 1.37. The van der Waals surface area contributed by atoms with Crippen molar-refractivity contribution >= 4 is 17.3 Å². The number of fused-ring (bicyclic) bond motifs is 1. The number of esters is 1. The molecule has 7 nitrogen and oxygen atoms in total. The van der Waals surface area contributed by atoms with Crippen molar-refractivity contribution in [3.05, 3.63) is 77.9 Å². The molecule has 1 heterocycles. The lowest BCUT2D eigenvalue weighted by Gasteiger charge is -2.19. The molecule has 0 atom stereocenters. The van der Waals surface area contributed by atoms with E-state index < -0.39 is 0 Å². The van der Waals surface area contributed by atoms with Crippen LogP contribution in [0.3, 0.4) is 0 Å². The maximum Gasteiger partial charge on any atom is 0.337 e. The second-order valence-corrected chi connectivity index (χ2v) is 7.55. The molecule has 0 saturated heterocycles. The molecule has 2 N–H and O–H groups in total. The van der Waals surface area contributed by atoms with Crippen LogP contribution in [0.25, 0.3) is 0 Å². The molecule has 0 aliphatic carbocycles. The molecule has 7 heteroatoms. The summed E-state index contributed by atoms with van der Waals surface area (Å²) < 4.78 is 21.6. The van der Waals surface area contributed by atoms with Gasteiger partial charge in [-0.05, 0) is 72.6 Å². The maximum absolute atomic E-state index is 11.4. The molecule has 0 bridgehead atoms. The van der Waals surface area contributed by atoms with E-state index in [9.17, 15) is 4.79 Å². The van der Waals surface area contributed by atoms with Crippen molar-refractivity contribution in [2.45, 2.75) is 13.0 Å². The Hall–Kier alpha value is -3.87. The van der Waals surface area contributed by atoms with Gasteiger partial charge in [0.05, 0.1) is 19.3 Å². The summed E-state index contributed by atoms with van der Waals surface area (Å²) in [6.07, 6.45) is 0.850. The van der Waals surface area contributed by atoms with E-state index in [1.165, 1.54) is 7.11 Å². The van der Waals surface area contributed by atoms with Gasteiger partial charge < -0.3 is 29.6 Å². The van der Waals surface area contributed by atoms with E-state index in [-0.39, 0.29) is 5.97 Å². The molecule has 0 unspecified atom stereocenters. The van der Waals surface area contributed by atoms with Gasteiger partial charge in [-0.3, -0.25) is 0 Å². The highest BCUT2D eigenvalue weighted by Gasteiger charge is 2.11. The molecule has 0 spiro atoms. The average molecular weight is 449 g/mol. The highest BCUT2D eigenvalue weighted by molar-refractivity contribution is 5.89. The first kappa shape index (κ1) is 22.3. The fourth-order valence-corrected chi connectivity index (χ4v) is 3.41. The van der Waals surface area contributed by atoms with Gasteiger partial charge in [0.25, 0.3) is 0 Å². The van der Waals surface area contributed by atoms with Gasteiger partial charge in [0.15, 0.2) is 11.5 Å². The molecule has 33 heavy (non-hydrogen) atoms. The second kappa shape index (κ2) is 11.1. The van der Waals surface area contributed by atoms with Crippen LogP contribution in [0, 0.1) is 0 Å². The lowest BCUT2D eigenvalue weighted by atomic mass is 10.2. The standard InChI is InChI=1S/C26H28N2O5/c1-30-26(29)20-4-10-23(11-5-20)31-14-2-13-27-21-6-8-22(9-7-21)28-18-19-3-12-24-25(17-19)33-16-15-32-24/h3-12,17,27-28H,2,13-16,18H2,1H3.